The summed E-state index contributed by atoms with van der Waals surface area (Å²) in [6, 6.07) is 15.0. The molecule has 6 rings (SSSR count). The highest BCUT2D eigenvalue weighted by Gasteiger charge is 2.21. The van der Waals surface area contributed by atoms with E-state index in [2.05, 4.69) is 26.9 Å². The Labute approximate surface area is 212 Å². The van der Waals surface area contributed by atoms with E-state index in [4.69, 9.17) is 4.74 Å². The first-order valence-electron chi connectivity index (χ1n) is 12.0. The average molecular weight is 499 g/mol. The van der Waals surface area contributed by atoms with Crippen molar-refractivity contribution < 1.29 is 13.5 Å². The number of aromatic amines is 1. The van der Waals surface area contributed by atoms with Gasteiger partial charge in [-0.15, -0.1) is 4.99 Å². The molecule has 186 valence electrons. The second-order valence-corrected chi connectivity index (χ2v) is 9.29. The zero-order chi connectivity index (χ0) is 25.5. The van der Waals surface area contributed by atoms with Gasteiger partial charge in [0.15, 0.2) is 0 Å². The summed E-state index contributed by atoms with van der Waals surface area (Å²) in [4.78, 5) is 9.57. The maximum absolute atomic E-state index is 14.0. The van der Waals surface area contributed by atoms with Gasteiger partial charge in [0.05, 0.1) is 11.0 Å². The molecule has 0 atom stereocenters. The fourth-order valence-electron chi connectivity index (χ4n) is 5.03. The number of piperazine rings is 1. The molecule has 0 radical (unpaired) electrons. The van der Waals surface area contributed by atoms with Gasteiger partial charge in [0.25, 0.3) is 0 Å². The summed E-state index contributed by atoms with van der Waals surface area (Å²) in [6.07, 6.45) is 3.89. The summed E-state index contributed by atoms with van der Waals surface area (Å²) >= 11 is 0. The lowest BCUT2D eigenvalue weighted by molar-refractivity contribution is 0.287. The van der Waals surface area contributed by atoms with Crippen LogP contribution in [0.3, 0.4) is 0 Å². The molecule has 1 fully saturated rings. The number of nitriles is 1. The molecule has 0 amide bonds. The molecule has 1 saturated heterocycles. The fourth-order valence-corrected chi connectivity index (χ4v) is 5.03. The van der Waals surface area contributed by atoms with Gasteiger partial charge in [-0.3, -0.25) is 0 Å². The summed E-state index contributed by atoms with van der Waals surface area (Å²) in [5.74, 6) is -0.342. The Balaban J connectivity index is 1.50. The summed E-state index contributed by atoms with van der Waals surface area (Å²) in [5, 5.41) is 11.5. The molecule has 1 N–H and O–H groups in total. The van der Waals surface area contributed by atoms with Crippen LogP contribution in [0.1, 0.15) is 22.3 Å². The molecule has 0 aliphatic carbocycles. The largest absolute Gasteiger partial charge is 0.488 e. The average Bonchev–Trinajstić information content (AvgIpc) is 3.17. The van der Waals surface area contributed by atoms with E-state index in [1.165, 1.54) is 24.3 Å². The third-order valence-electron chi connectivity index (χ3n) is 6.90. The highest BCUT2D eigenvalue weighted by Crippen LogP contribution is 2.38. The van der Waals surface area contributed by atoms with Gasteiger partial charge in [-0.1, -0.05) is 12.1 Å². The minimum Gasteiger partial charge on any atom is -0.488 e. The fraction of sp³-hybridized carbons (Fsp3) is 0.214. The molecule has 2 aliphatic rings. The molecule has 1 aromatic heterocycles. The van der Waals surface area contributed by atoms with Crippen LogP contribution in [0.15, 0.2) is 59.6 Å². The summed E-state index contributed by atoms with van der Waals surface area (Å²) in [6.45, 7) is 3.60. The van der Waals surface area contributed by atoms with E-state index < -0.39 is 5.82 Å². The molecule has 0 spiro atoms. The summed E-state index contributed by atoms with van der Waals surface area (Å²) in [7, 11) is 2.09. The predicted molar refractivity (Wildman–Crippen MR) is 137 cm³/mol. The Morgan fingerprint density at radius 1 is 0.973 bits per heavy atom. The minimum atomic E-state index is -0.398. The lowest BCUT2D eigenvalue weighted by Gasteiger charge is -2.34. The van der Waals surface area contributed by atoms with Crippen molar-refractivity contribution in [3.8, 4) is 11.9 Å². The number of fused-ring (bicyclic) bond motifs is 3. The molecule has 0 bridgehead atoms. The quantitative estimate of drug-likeness (QED) is 0.424. The molecule has 37 heavy (non-hydrogen) atoms. The van der Waals surface area contributed by atoms with Crippen molar-refractivity contribution in [2.24, 2.45) is 4.99 Å². The van der Waals surface area contributed by atoms with Crippen LogP contribution in [0.4, 0.5) is 8.78 Å². The lowest BCUT2D eigenvalue weighted by atomic mass is 9.92. The van der Waals surface area contributed by atoms with E-state index in [0.29, 0.717) is 16.9 Å². The van der Waals surface area contributed by atoms with E-state index in [1.54, 1.807) is 12.1 Å². The molecule has 0 saturated carbocycles. The molecule has 3 heterocycles. The van der Waals surface area contributed by atoms with Crippen LogP contribution in [-0.2, 0) is 6.61 Å². The maximum Gasteiger partial charge on any atom is 0.238 e. The van der Waals surface area contributed by atoms with Crippen LogP contribution in [0.5, 0.6) is 5.75 Å². The van der Waals surface area contributed by atoms with Crippen molar-refractivity contribution >= 4 is 22.7 Å². The van der Waals surface area contributed by atoms with E-state index in [0.717, 1.165) is 59.5 Å². The molecular formula is C28H24F2N6O. The number of aromatic nitrogens is 2. The van der Waals surface area contributed by atoms with Crippen LogP contribution in [0.2, 0.25) is 0 Å². The molecule has 3 aromatic carbocycles. The SMILES string of the molecule is CN1CCN(n2c(=NC#N)[nH]c3cc(C=C4c5ccc(F)cc5COc5cc(F)ccc54)ccc32)CC1. The number of likely N-dealkylation sites (N-methyl/N-ethyl adjacent to an activating group) is 1. The van der Waals surface area contributed by atoms with Crippen molar-refractivity contribution in [1.29, 1.82) is 5.26 Å². The number of ether oxygens (including phenoxy) is 1. The highest BCUT2D eigenvalue weighted by molar-refractivity contribution is 5.95. The van der Waals surface area contributed by atoms with Crippen molar-refractivity contribution in [1.82, 2.24) is 14.6 Å². The molecule has 7 nitrogen and oxygen atoms in total. The van der Waals surface area contributed by atoms with Crippen LogP contribution < -0.4 is 15.4 Å². The Morgan fingerprint density at radius 3 is 2.51 bits per heavy atom. The van der Waals surface area contributed by atoms with Crippen molar-refractivity contribution in [3.63, 3.8) is 0 Å². The predicted octanol–water partition coefficient (Wildman–Crippen LogP) is 3.99. The normalized spacial score (nSPS) is 17.3. The van der Waals surface area contributed by atoms with Gasteiger partial charge in [0.1, 0.15) is 24.0 Å². The minimum absolute atomic E-state index is 0.139. The van der Waals surface area contributed by atoms with Gasteiger partial charge in [-0.2, -0.15) is 5.26 Å². The van der Waals surface area contributed by atoms with Crippen LogP contribution >= 0.6 is 0 Å². The zero-order valence-corrected chi connectivity index (χ0v) is 20.2. The van der Waals surface area contributed by atoms with Crippen LogP contribution in [0.25, 0.3) is 22.7 Å². The van der Waals surface area contributed by atoms with Crippen LogP contribution in [-0.4, -0.2) is 47.8 Å². The number of hydrogen-bond acceptors (Lipinski definition) is 5. The number of imidazole rings is 1. The number of H-pyrrole nitrogens is 1. The van der Waals surface area contributed by atoms with E-state index in [-0.39, 0.29) is 12.4 Å². The number of halogens is 2. The second-order valence-electron chi connectivity index (χ2n) is 9.29. The van der Waals surface area contributed by atoms with Gasteiger partial charge >= 0.3 is 0 Å². The summed E-state index contributed by atoms with van der Waals surface area (Å²) in [5.41, 5.74) is 6.13. The van der Waals surface area contributed by atoms with Gasteiger partial charge in [-0.25, -0.2) is 13.5 Å². The van der Waals surface area contributed by atoms with Gasteiger partial charge in [0.2, 0.25) is 11.8 Å². The van der Waals surface area contributed by atoms with Crippen molar-refractivity contribution in [3.05, 3.63) is 94.1 Å². The second kappa shape index (κ2) is 9.22. The first-order valence-corrected chi connectivity index (χ1v) is 12.0. The molecule has 4 aromatic rings. The Morgan fingerprint density at radius 2 is 1.73 bits per heavy atom. The molecule has 9 heteroatoms. The molecular weight excluding hydrogens is 474 g/mol. The smallest absolute Gasteiger partial charge is 0.238 e. The topological polar surface area (TPSA) is 72.6 Å². The first kappa shape index (κ1) is 23.0. The van der Waals surface area contributed by atoms with Gasteiger partial charge in [-0.05, 0) is 66.2 Å². The third kappa shape index (κ3) is 4.26. The maximum atomic E-state index is 14.0. The molecule has 2 aliphatic heterocycles. The zero-order valence-electron chi connectivity index (χ0n) is 20.2. The van der Waals surface area contributed by atoms with Gasteiger partial charge in [0, 0.05) is 43.4 Å². The number of rotatable bonds is 2. The third-order valence-corrected chi connectivity index (χ3v) is 6.90. The van der Waals surface area contributed by atoms with E-state index in [1.807, 2.05) is 35.1 Å². The highest BCUT2D eigenvalue weighted by atomic mass is 19.1. The Kier molecular flexibility index (Phi) is 5.74. The van der Waals surface area contributed by atoms with Crippen molar-refractivity contribution in [2.75, 3.05) is 38.2 Å². The van der Waals surface area contributed by atoms with E-state index in [9.17, 15) is 14.0 Å². The van der Waals surface area contributed by atoms with Crippen LogP contribution in [0, 0.1) is 23.1 Å². The van der Waals surface area contributed by atoms with Crippen molar-refractivity contribution in [2.45, 2.75) is 6.61 Å². The Hall–Kier alpha value is -4.42. The number of nitrogens with zero attached hydrogens (tertiary/aromatic N) is 5. The number of nitrogens with one attached hydrogen (secondary N) is 1. The van der Waals surface area contributed by atoms with E-state index >= 15 is 0 Å². The summed E-state index contributed by atoms with van der Waals surface area (Å²) < 4.78 is 35.9. The Bertz CT molecular complexity index is 1600. The molecule has 0 unspecified atom stereocenters. The lowest BCUT2D eigenvalue weighted by Crippen LogP contribution is -2.52. The monoisotopic (exact) mass is 498 g/mol. The number of benzene rings is 3. The van der Waals surface area contributed by atoms with Gasteiger partial charge < -0.3 is 19.6 Å². The number of hydrogen-bond donors (Lipinski definition) is 1. The standard InChI is InChI=1S/C28H24F2N6O/c1-34-8-10-35(11-9-34)36-26-7-2-18(13-25(26)33-28(36)32-17-31)12-24-22-5-3-20(29)14-19(22)16-37-27-15-21(30)4-6-23(24)27/h2-7,12-15H,8-11,16H2,1H3,(H,32,33). The first-order chi connectivity index (χ1) is 18.0.